The summed E-state index contributed by atoms with van der Waals surface area (Å²) in [5, 5.41) is 10.3. The Bertz CT molecular complexity index is 177. The number of hydrogen-bond donors (Lipinski definition) is 0. The summed E-state index contributed by atoms with van der Waals surface area (Å²) in [5.74, 6) is 0. The first-order valence-corrected chi connectivity index (χ1v) is 3.72. The second-order valence-corrected chi connectivity index (χ2v) is 1.90. The van der Waals surface area contributed by atoms with Gasteiger partial charge in [0.2, 0.25) is 5.70 Å². The fraction of sp³-hybridized carbons (Fsp3) is 0.625. The predicted molar refractivity (Wildman–Crippen MR) is 41.7 cm³/mol. The number of hydrogen-bond acceptors (Lipinski definition) is 3. The number of rotatable bonds is 5. The molecule has 0 atom stereocenters. The minimum atomic E-state index is -0.796. The van der Waals surface area contributed by atoms with Crippen molar-refractivity contribution in [1.29, 1.82) is 0 Å². The van der Waals surface area contributed by atoms with Crippen molar-refractivity contribution in [2.75, 3.05) is 13.2 Å². The van der Waals surface area contributed by atoms with Gasteiger partial charge in [0, 0.05) is 13.2 Å². The average Bonchev–Trinajstić information content (AvgIpc) is 2.07. The van der Waals surface area contributed by atoms with Crippen LogP contribution in [0, 0.1) is 6.57 Å². The molecule has 0 heterocycles. The van der Waals surface area contributed by atoms with Crippen LogP contribution in [0.3, 0.4) is 0 Å². The second kappa shape index (κ2) is 6.65. The van der Waals surface area contributed by atoms with Gasteiger partial charge in [0.05, 0.1) is 6.57 Å². The van der Waals surface area contributed by atoms with Crippen LogP contribution in [0.15, 0.2) is 12.0 Å². The van der Waals surface area contributed by atoms with E-state index < -0.39 is 6.29 Å². The van der Waals surface area contributed by atoms with E-state index in [0.717, 1.165) is 0 Å². The van der Waals surface area contributed by atoms with Gasteiger partial charge in [-0.05, 0) is 13.8 Å². The Kier molecular flexibility index (Phi) is 6.07. The van der Waals surface area contributed by atoms with E-state index >= 15 is 0 Å². The number of nitrogens with zero attached hydrogens (tertiary/aromatic N) is 1. The van der Waals surface area contributed by atoms with Crippen LogP contribution >= 0.6 is 0 Å². The Morgan fingerprint density at radius 3 is 2.25 bits per heavy atom. The maximum atomic E-state index is 10.3. The zero-order valence-electron chi connectivity index (χ0n) is 7.24. The van der Waals surface area contributed by atoms with Crippen molar-refractivity contribution in [2.24, 2.45) is 0 Å². The molecule has 0 spiro atoms. The first-order chi connectivity index (χ1) is 5.79. The lowest BCUT2D eigenvalue weighted by atomic mass is 10.5. The molecule has 0 fully saturated rings. The van der Waals surface area contributed by atoms with Gasteiger partial charge in [0.1, 0.15) is 0 Å². The summed E-state index contributed by atoms with van der Waals surface area (Å²) < 4.78 is 10.0. The quantitative estimate of drug-likeness (QED) is 0.343. The number of ether oxygens (including phenoxy) is 2. The fourth-order valence-electron chi connectivity index (χ4n) is 0.656. The fourth-order valence-corrected chi connectivity index (χ4v) is 0.656. The molecule has 0 amide bonds. The highest BCUT2D eigenvalue weighted by molar-refractivity contribution is 5.09. The molecule has 0 aliphatic rings. The van der Waals surface area contributed by atoms with E-state index in [1.807, 2.05) is 0 Å². The van der Waals surface area contributed by atoms with Crippen LogP contribution in [-0.4, -0.2) is 19.5 Å². The maximum absolute atomic E-state index is 10.3. The van der Waals surface area contributed by atoms with Crippen LogP contribution in [0.1, 0.15) is 13.8 Å². The molecule has 4 nitrogen and oxygen atoms in total. The largest absolute Gasteiger partial charge is 0.886 e. The van der Waals surface area contributed by atoms with Crippen LogP contribution in [0.5, 0.6) is 0 Å². The molecule has 0 aliphatic heterocycles. The van der Waals surface area contributed by atoms with Crippen molar-refractivity contribution in [1.82, 2.24) is 0 Å². The van der Waals surface area contributed by atoms with Gasteiger partial charge >= 0.3 is 0 Å². The third-order valence-corrected chi connectivity index (χ3v) is 1.13. The molecule has 0 rings (SSSR count). The summed E-state index contributed by atoms with van der Waals surface area (Å²) in [6.07, 6.45) is -0.335. The maximum Gasteiger partial charge on any atom is 0.204 e. The van der Waals surface area contributed by atoms with Crippen LogP contribution in [0.2, 0.25) is 0 Å². The van der Waals surface area contributed by atoms with Crippen molar-refractivity contribution in [3.8, 4) is 0 Å². The molecule has 68 valence electrons. The van der Waals surface area contributed by atoms with Crippen LogP contribution in [0.25, 0.3) is 4.85 Å². The lowest BCUT2D eigenvalue weighted by molar-refractivity contribution is -0.278. The van der Waals surface area contributed by atoms with E-state index in [1.165, 1.54) is 0 Å². The molecule has 0 bridgehead atoms. The lowest BCUT2D eigenvalue weighted by Crippen LogP contribution is -2.19. The highest BCUT2D eigenvalue weighted by Crippen LogP contribution is 2.08. The second-order valence-electron chi connectivity index (χ2n) is 1.90. The first kappa shape index (κ1) is 11.0. The molecule has 0 radical (unpaired) electrons. The summed E-state index contributed by atoms with van der Waals surface area (Å²) >= 11 is 0. The molecule has 0 unspecified atom stereocenters. The first-order valence-electron chi connectivity index (χ1n) is 3.72. The van der Waals surface area contributed by atoms with Gasteiger partial charge in [-0.25, -0.2) is 4.85 Å². The molecular formula is C8H12NO3-. The average molecular weight is 170 g/mol. The van der Waals surface area contributed by atoms with Gasteiger partial charge in [0.15, 0.2) is 6.29 Å². The smallest absolute Gasteiger partial charge is 0.204 e. The van der Waals surface area contributed by atoms with Crippen LogP contribution in [0.4, 0.5) is 0 Å². The van der Waals surface area contributed by atoms with Crippen molar-refractivity contribution in [3.63, 3.8) is 0 Å². The Morgan fingerprint density at radius 1 is 1.50 bits per heavy atom. The van der Waals surface area contributed by atoms with E-state index in [1.54, 1.807) is 13.8 Å². The molecule has 0 aliphatic carbocycles. The molecule has 4 heteroatoms. The Morgan fingerprint density at radius 2 is 2.00 bits per heavy atom. The zero-order valence-corrected chi connectivity index (χ0v) is 7.24. The van der Waals surface area contributed by atoms with E-state index in [-0.39, 0.29) is 5.70 Å². The van der Waals surface area contributed by atoms with Gasteiger partial charge < -0.3 is 14.6 Å². The molecule has 0 aromatic carbocycles. The topological polar surface area (TPSA) is 45.9 Å². The van der Waals surface area contributed by atoms with E-state index in [0.29, 0.717) is 19.5 Å². The summed E-state index contributed by atoms with van der Waals surface area (Å²) in [7, 11) is 0. The minimum Gasteiger partial charge on any atom is -0.886 e. The van der Waals surface area contributed by atoms with Crippen molar-refractivity contribution in [3.05, 3.63) is 23.4 Å². The third kappa shape index (κ3) is 3.37. The zero-order chi connectivity index (χ0) is 9.40. The summed E-state index contributed by atoms with van der Waals surface area (Å²) in [6, 6.07) is 0. The van der Waals surface area contributed by atoms with Crippen molar-refractivity contribution < 1.29 is 14.6 Å². The standard InChI is InChI=1S/C8H13NO3/c1-4-11-8(12-5-2)7(6-10)9-3/h6,8,10H,4-5H2,1-2H3/p-1/b7-6+. The Labute approximate surface area is 72.2 Å². The van der Waals surface area contributed by atoms with Gasteiger partial charge in [-0.2, -0.15) is 0 Å². The van der Waals surface area contributed by atoms with E-state index in [4.69, 9.17) is 16.0 Å². The van der Waals surface area contributed by atoms with Crippen molar-refractivity contribution in [2.45, 2.75) is 20.1 Å². The van der Waals surface area contributed by atoms with Gasteiger partial charge in [-0.1, -0.05) is 0 Å². The van der Waals surface area contributed by atoms with E-state index in [9.17, 15) is 5.11 Å². The molecule has 12 heavy (non-hydrogen) atoms. The van der Waals surface area contributed by atoms with Gasteiger partial charge in [0.25, 0.3) is 0 Å². The van der Waals surface area contributed by atoms with Crippen LogP contribution in [-0.2, 0) is 9.47 Å². The van der Waals surface area contributed by atoms with Crippen LogP contribution < -0.4 is 5.11 Å². The minimum absolute atomic E-state index is 0.0429. The summed E-state index contributed by atoms with van der Waals surface area (Å²) in [4.78, 5) is 2.99. The monoisotopic (exact) mass is 170 g/mol. The van der Waals surface area contributed by atoms with Gasteiger partial charge in [-0.3, -0.25) is 0 Å². The Hall–Kier alpha value is -1.05. The molecule has 0 saturated heterocycles. The summed E-state index contributed by atoms with van der Waals surface area (Å²) in [6.45, 7) is 11.0. The normalized spacial score (nSPS) is 11.7. The third-order valence-electron chi connectivity index (χ3n) is 1.13. The lowest BCUT2D eigenvalue weighted by Gasteiger charge is -2.16. The highest BCUT2D eigenvalue weighted by Gasteiger charge is 2.12. The molecule has 0 aromatic rings. The van der Waals surface area contributed by atoms with E-state index in [2.05, 4.69) is 4.85 Å². The highest BCUT2D eigenvalue weighted by atomic mass is 16.7. The molecule has 0 aromatic heterocycles. The Balaban J connectivity index is 4.18. The molecule has 0 saturated carbocycles. The van der Waals surface area contributed by atoms with Crippen molar-refractivity contribution >= 4 is 0 Å². The molecule has 0 N–H and O–H groups in total. The van der Waals surface area contributed by atoms with Gasteiger partial charge in [-0.15, -0.1) is 6.26 Å². The SMILES string of the molecule is [C-]#[N+]/C(=C/[O-])C(OCC)OCC. The predicted octanol–water partition coefficient (Wildman–Crippen LogP) is 0.506. The molecular weight excluding hydrogens is 158 g/mol. The summed E-state index contributed by atoms with van der Waals surface area (Å²) in [5.41, 5.74) is -0.0429.